The molecule has 0 spiro atoms. The molecule has 0 aliphatic carbocycles. The molecule has 0 aliphatic rings. The first-order valence-electron chi connectivity index (χ1n) is 4.20. The fourth-order valence-corrected chi connectivity index (χ4v) is 1.48. The number of hydrogen-bond donors (Lipinski definition) is 2. The number of aromatic nitrogens is 1. The first-order valence-corrected chi connectivity index (χ1v) is 4.20. The fourth-order valence-electron chi connectivity index (χ4n) is 1.48. The Morgan fingerprint density at radius 3 is 2.71 bits per heavy atom. The van der Waals surface area contributed by atoms with E-state index in [4.69, 9.17) is 11.5 Å². The Bertz CT molecular complexity index is 508. The first-order chi connectivity index (χ1) is 6.61. The van der Waals surface area contributed by atoms with Gasteiger partial charge in [-0.25, -0.2) is 4.39 Å². The van der Waals surface area contributed by atoms with Crippen molar-refractivity contribution in [3.8, 4) is 0 Å². The van der Waals surface area contributed by atoms with Gasteiger partial charge in [0.1, 0.15) is 11.3 Å². The number of fused-ring (bicyclic) bond motifs is 1. The maximum atomic E-state index is 13.3. The van der Waals surface area contributed by atoms with Gasteiger partial charge in [-0.3, -0.25) is 4.98 Å². The van der Waals surface area contributed by atoms with E-state index >= 15 is 0 Å². The Morgan fingerprint density at radius 1 is 1.29 bits per heavy atom. The number of nitrogens with zero attached hydrogens (tertiary/aromatic N) is 1. The van der Waals surface area contributed by atoms with Crippen molar-refractivity contribution >= 4 is 22.3 Å². The number of halogens is 1. The molecule has 1 aromatic heterocycles. The summed E-state index contributed by atoms with van der Waals surface area (Å²) < 4.78 is 13.3. The van der Waals surface area contributed by atoms with Crippen LogP contribution in [0.2, 0.25) is 0 Å². The van der Waals surface area contributed by atoms with Gasteiger partial charge in [-0.15, -0.1) is 0 Å². The Balaban J connectivity index is 3.01. The normalized spacial score (nSPS) is 10.7. The number of aryl methyl sites for hydroxylation is 1. The van der Waals surface area contributed by atoms with Crippen LogP contribution in [-0.2, 0) is 0 Å². The van der Waals surface area contributed by atoms with Crippen molar-refractivity contribution in [1.82, 2.24) is 4.98 Å². The zero-order valence-corrected chi connectivity index (χ0v) is 7.71. The highest BCUT2D eigenvalue weighted by Gasteiger charge is 2.09. The van der Waals surface area contributed by atoms with E-state index in [0.29, 0.717) is 16.8 Å². The summed E-state index contributed by atoms with van der Waals surface area (Å²) >= 11 is 0. The van der Waals surface area contributed by atoms with Crippen LogP contribution in [0.5, 0.6) is 0 Å². The van der Waals surface area contributed by atoms with Crippen molar-refractivity contribution in [1.29, 1.82) is 0 Å². The summed E-state index contributed by atoms with van der Waals surface area (Å²) in [6.07, 6.45) is 1.38. The number of rotatable bonds is 0. The predicted octanol–water partition coefficient (Wildman–Crippen LogP) is 1.85. The van der Waals surface area contributed by atoms with Crippen molar-refractivity contribution in [2.24, 2.45) is 0 Å². The van der Waals surface area contributed by atoms with Crippen LogP contribution in [0, 0.1) is 12.7 Å². The molecule has 0 amide bonds. The van der Waals surface area contributed by atoms with Crippen LogP contribution in [0.3, 0.4) is 0 Å². The number of nitrogens with two attached hydrogens (primary N) is 2. The molecule has 72 valence electrons. The quantitative estimate of drug-likeness (QED) is 0.667. The molecule has 2 aromatic rings. The monoisotopic (exact) mass is 191 g/mol. The van der Waals surface area contributed by atoms with Gasteiger partial charge in [-0.2, -0.15) is 0 Å². The average molecular weight is 191 g/mol. The Morgan fingerprint density at radius 2 is 2.00 bits per heavy atom. The molecule has 4 heteroatoms. The van der Waals surface area contributed by atoms with Crippen molar-refractivity contribution in [3.63, 3.8) is 0 Å². The highest BCUT2D eigenvalue weighted by atomic mass is 19.1. The van der Waals surface area contributed by atoms with Crippen LogP contribution in [0.1, 0.15) is 5.56 Å². The lowest BCUT2D eigenvalue weighted by atomic mass is 10.1. The zero-order valence-electron chi connectivity index (χ0n) is 7.71. The van der Waals surface area contributed by atoms with E-state index in [2.05, 4.69) is 4.98 Å². The average Bonchev–Trinajstić information content (AvgIpc) is 2.16. The molecule has 0 unspecified atom stereocenters. The van der Waals surface area contributed by atoms with Gasteiger partial charge in [0.05, 0.1) is 17.6 Å². The molecule has 0 bridgehead atoms. The summed E-state index contributed by atoms with van der Waals surface area (Å²) in [7, 11) is 0. The summed E-state index contributed by atoms with van der Waals surface area (Å²) in [5.74, 6) is -0.377. The lowest BCUT2D eigenvalue weighted by Gasteiger charge is -2.07. The molecular weight excluding hydrogens is 181 g/mol. The third-order valence-corrected chi connectivity index (χ3v) is 2.25. The minimum Gasteiger partial charge on any atom is -0.396 e. The van der Waals surface area contributed by atoms with Crippen molar-refractivity contribution in [3.05, 3.63) is 29.7 Å². The van der Waals surface area contributed by atoms with Gasteiger partial charge in [0.15, 0.2) is 0 Å². The summed E-state index contributed by atoms with van der Waals surface area (Å²) in [6.45, 7) is 1.85. The van der Waals surface area contributed by atoms with Crippen molar-refractivity contribution in [2.45, 2.75) is 6.92 Å². The molecule has 0 radical (unpaired) electrons. The molecule has 0 atom stereocenters. The standard InChI is InChI=1S/C10H10FN3/c1-5-2-3-6(11)10-8(5)9(13)7(12)4-14-10/h2-4H,12H2,1H3,(H2,13,14). The molecule has 0 fully saturated rings. The molecule has 0 saturated carbocycles. The Labute approximate surface area is 80.5 Å². The highest BCUT2D eigenvalue weighted by Crippen LogP contribution is 2.28. The van der Waals surface area contributed by atoms with Gasteiger partial charge in [0.25, 0.3) is 0 Å². The minimum absolute atomic E-state index is 0.275. The van der Waals surface area contributed by atoms with E-state index in [1.165, 1.54) is 12.3 Å². The lowest BCUT2D eigenvalue weighted by molar-refractivity contribution is 0.636. The SMILES string of the molecule is Cc1ccc(F)c2ncc(N)c(N)c12. The second-order valence-corrected chi connectivity index (χ2v) is 3.22. The molecular formula is C10H10FN3. The van der Waals surface area contributed by atoms with Gasteiger partial charge in [-0.1, -0.05) is 6.07 Å². The van der Waals surface area contributed by atoms with Crippen LogP contribution in [0.15, 0.2) is 18.3 Å². The number of benzene rings is 1. The topological polar surface area (TPSA) is 64.9 Å². The zero-order chi connectivity index (χ0) is 10.3. The second kappa shape index (κ2) is 2.83. The molecule has 14 heavy (non-hydrogen) atoms. The minimum atomic E-state index is -0.377. The van der Waals surface area contributed by atoms with Crippen LogP contribution >= 0.6 is 0 Å². The smallest absolute Gasteiger partial charge is 0.149 e. The lowest BCUT2D eigenvalue weighted by Crippen LogP contribution is -1.99. The van der Waals surface area contributed by atoms with Crippen molar-refractivity contribution in [2.75, 3.05) is 11.5 Å². The van der Waals surface area contributed by atoms with Crippen LogP contribution < -0.4 is 11.5 Å². The molecule has 3 nitrogen and oxygen atoms in total. The third-order valence-electron chi connectivity index (χ3n) is 2.25. The van der Waals surface area contributed by atoms with Crippen LogP contribution in [-0.4, -0.2) is 4.98 Å². The molecule has 0 saturated heterocycles. The van der Waals surface area contributed by atoms with Crippen molar-refractivity contribution < 1.29 is 4.39 Å². The van der Waals surface area contributed by atoms with Gasteiger partial charge >= 0.3 is 0 Å². The van der Waals surface area contributed by atoms with Gasteiger partial charge in [-0.05, 0) is 18.6 Å². The number of anilines is 2. The third kappa shape index (κ3) is 1.08. The van der Waals surface area contributed by atoms with Gasteiger partial charge in [0, 0.05) is 5.39 Å². The van der Waals surface area contributed by atoms with Crippen LogP contribution in [0.25, 0.3) is 10.9 Å². The maximum absolute atomic E-state index is 13.3. The van der Waals surface area contributed by atoms with E-state index < -0.39 is 0 Å². The van der Waals surface area contributed by atoms with E-state index in [-0.39, 0.29) is 11.3 Å². The number of nitrogen functional groups attached to an aromatic ring is 2. The molecule has 1 aromatic carbocycles. The number of pyridine rings is 1. The van der Waals surface area contributed by atoms with Gasteiger partial charge < -0.3 is 11.5 Å². The maximum Gasteiger partial charge on any atom is 0.149 e. The Hall–Kier alpha value is -1.84. The van der Waals surface area contributed by atoms with Crippen LogP contribution in [0.4, 0.5) is 15.8 Å². The molecule has 1 heterocycles. The highest BCUT2D eigenvalue weighted by molar-refractivity contribution is 5.98. The summed E-state index contributed by atoms with van der Waals surface area (Å²) in [5.41, 5.74) is 13.3. The predicted molar refractivity (Wildman–Crippen MR) is 55.3 cm³/mol. The second-order valence-electron chi connectivity index (χ2n) is 3.22. The summed E-state index contributed by atoms with van der Waals surface area (Å²) in [4.78, 5) is 3.92. The van der Waals surface area contributed by atoms with E-state index in [0.717, 1.165) is 5.56 Å². The molecule has 0 aliphatic heterocycles. The first kappa shape index (κ1) is 8.74. The van der Waals surface area contributed by atoms with E-state index in [1.807, 2.05) is 6.92 Å². The summed E-state index contributed by atoms with van der Waals surface area (Å²) in [6, 6.07) is 3.04. The van der Waals surface area contributed by atoms with E-state index in [9.17, 15) is 4.39 Å². The molecule has 4 N–H and O–H groups in total. The van der Waals surface area contributed by atoms with E-state index in [1.54, 1.807) is 6.07 Å². The largest absolute Gasteiger partial charge is 0.396 e. The number of hydrogen-bond acceptors (Lipinski definition) is 3. The van der Waals surface area contributed by atoms with Gasteiger partial charge in [0.2, 0.25) is 0 Å². The Kier molecular flexibility index (Phi) is 1.77. The molecule has 2 rings (SSSR count). The fraction of sp³-hybridized carbons (Fsp3) is 0.100. The summed E-state index contributed by atoms with van der Waals surface area (Å²) in [5, 5.41) is 0.602.